The van der Waals surface area contributed by atoms with Crippen LogP contribution in [-0.4, -0.2) is 48.0 Å². The Hall–Kier alpha value is -0.120. The Morgan fingerprint density at radius 2 is 2.23 bits per heavy atom. The minimum absolute atomic E-state index is 0.0967. The predicted molar refractivity (Wildman–Crippen MR) is 50.6 cm³/mol. The Balaban J connectivity index is 1.97. The summed E-state index contributed by atoms with van der Waals surface area (Å²) in [5.41, 5.74) is 0. The van der Waals surface area contributed by atoms with Gasteiger partial charge in [0.05, 0.1) is 19.3 Å². The highest BCUT2D eigenvalue weighted by atomic mass is 16.5. The zero-order valence-corrected chi connectivity index (χ0v) is 8.28. The first-order valence-electron chi connectivity index (χ1n) is 5.30. The SMILES string of the molecule is CC1COCCN1[C@@H]1CCC[C@H]1O. The van der Waals surface area contributed by atoms with Crippen molar-refractivity contribution in [2.75, 3.05) is 19.8 Å². The highest BCUT2D eigenvalue weighted by Crippen LogP contribution is 2.26. The third-order valence-electron chi connectivity index (χ3n) is 3.29. The summed E-state index contributed by atoms with van der Waals surface area (Å²) in [5.74, 6) is 0. The van der Waals surface area contributed by atoms with Crippen LogP contribution >= 0.6 is 0 Å². The lowest BCUT2D eigenvalue weighted by Crippen LogP contribution is -2.51. The van der Waals surface area contributed by atoms with Crippen LogP contribution < -0.4 is 0 Å². The summed E-state index contributed by atoms with van der Waals surface area (Å²) < 4.78 is 5.38. The summed E-state index contributed by atoms with van der Waals surface area (Å²) in [6.07, 6.45) is 3.22. The molecule has 0 bridgehead atoms. The van der Waals surface area contributed by atoms with Crippen molar-refractivity contribution in [3.05, 3.63) is 0 Å². The number of nitrogens with zero attached hydrogens (tertiary/aromatic N) is 1. The first-order valence-corrected chi connectivity index (χ1v) is 5.30. The third-order valence-corrected chi connectivity index (χ3v) is 3.29. The molecule has 0 aromatic carbocycles. The van der Waals surface area contributed by atoms with Gasteiger partial charge in [0.1, 0.15) is 0 Å². The molecule has 0 aromatic heterocycles. The Bertz CT molecular complexity index is 174. The number of ether oxygens (including phenoxy) is 1. The maximum atomic E-state index is 9.78. The minimum Gasteiger partial charge on any atom is -0.391 e. The highest BCUT2D eigenvalue weighted by molar-refractivity contribution is 4.88. The molecule has 1 saturated heterocycles. The van der Waals surface area contributed by atoms with Gasteiger partial charge in [-0.15, -0.1) is 0 Å². The van der Waals surface area contributed by atoms with Crippen LogP contribution in [0.2, 0.25) is 0 Å². The number of morpholine rings is 1. The Labute approximate surface area is 79.7 Å². The van der Waals surface area contributed by atoms with Crippen LogP contribution in [0.4, 0.5) is 0 Å². The lowest BCUT2D eigenvalue weighted by Gasteiger charge is -2.39. The number of rotatable bonds is 1. The van der Waals surface area contributed by atoms with Gasteiger partial charge < -0.3 is 9.84 Å². The van der Waals surface area contributed by atoms with Gasteiger partial charge in [0.25, 0.3) is 0 Å². The van der Waals surface area contributed by atoms with Crippen LogP contribution in [0.3, 0.4) is 0 Å². The fourth-order valence-electron chi connectivity index (χ4n) is 2.54. The fraction of sp³-hybridized carbons (Fsp3) is 1.00. The van der Waals surface area contributed by atoms with E-state index < -0.39 is 0 Å². The molecule has 2 aliphatic rings. The van der Waals surface area contributed by atoms with Crippen LogP contribution in [0.5, 0.6) is 0 Å². The molecule has 1 N–H and O–H groups in total. The lowest BCUT2D eigenvalue weighted by molar-refractivity contribution is -0.0448. The number of hydrogen-bond donors (Lipinski definition) is 1. The number of hydrogen-bond acceptors (Lipinski definition) is 3. The van der Waals surface area contributed by atoms with Crippen molar-refractivity contribution in [3.63, 3.8) is 0 Å². The largest absolute Gasteiger partial charge is 0.391 e. The maximum absolute atomic E-state index is 9.78. The van der Waals surface area contributed by atoms with Gasteiger partial charge >= 0.3 is 0 Å². The minimum atomic E-state index is -0.0967. The topological polar surface area (TPSA) is 32.7 Å². The zero-order chi connectivity index (χ0) is 9.26. The summed E-state index contributed by atoms with van der Waals surface area (Å²) >= 11 is 0. The lowest BCUT2D eigenvalue weighted by atomic mass is 10.1. The molecule has 0 spiro atoms. The average Bonchev–Trinajstić information content (AvgIpc) is 2.52. The fourth-order valence-corrected chi connectivity index (χ4v) is 2.54. The normalized spacial score (nSPS) is 42.5. The molecule has 2 rings (SSSR count). The Morgan fingerprint density at radius 1 is 1.38 bits per heavy atom. The van der Waals surface area contributed by atoms with Crippen molar-refractivity contribution in [1.82, 2.24) is 4.90 Å². The summed E-state index contributed by atoms with van der Waals surface area (Å²) in [4.78, 5) is 2.42. The van der Waals surface area contributed by atoms with E-state index in [4.69, 9.17) is 4.74 Å². The van der Waals surface area contributed by atoms with Crippen LogP contribution in [0, 0.1) is 0 Å². The quantitative estimate of drug-likeness (QED) is 0.650. The first kappa shape index (κ1) is 9.44. The van der Waals surface area contributed by atoms with Gasteiger partial charge in [0.2, 0.25) is 0 Å². The van der Waals surface area contributed by atoms with Gasteiger partial charge in [0, 0.05) is 18.6 Å². The smallest absolute Gasteiger partial charge is 0.0695 e. The summed E-state index contributed by atoms with van der Waals surface area (Å²) in [6, 6.07) is 0.880. The molecule has 0 aromatic rings. The van der Waals surface area contributed by atoms with Gasteiger partial charge in [-0.2, -0.15) is 0 Å². The molecule has 3 atom stereocenters. The van der Waals surface area contributed by atoms with E-state index in [0.717, 1.165) is 32.6 Å². The van der Waals surface area contributed by atoms with E-state index in [9.17, 15) is 5.11 Å². The molecule has 3 heteroatoms. The van der Waals surface area contributed by atoms with Gasteiger partial charge in [-0.3, -0.25) is 4.90 Å². The first-order chi connectivity index (χ1) is 6.29. The third kappa shape index (κ3) is 1.87. The van der Waals surface area contributed by atoms with Crippen LogP contribution in [0.25, 0.3) is 0 Å². The van der Waals surface area contributed by atoms with E-state index in [2.05, 4.69) is 11.8 Å². The zero-order valence-electron chi connectivity index (χ0n) is 8.28. The standard InChI is InChI=1S/C10H19NO2/c1-8-7-13-6-5-11(8)9-3-2-4-10(9)12/h8-10,12H,2-7H2,1H3/t8?,9-,10-/m1/s1. The molecule has 0 amide bonds. The van der Waals surface area contributed by atoms with Gasteiger partial charge in [-0.05, 0) is 26.2 Å². The van der Waals surface area contributed by atoms with E-state index in [1.165, 1.54) is 6.42 Å². The van der Waals surface area contributed by atoms with Crippen LogP contribution in [0.1, 0.15) is 26.2 Å². The van der Waals surface area contributed by atoms with Crippen LogP contribution in [0.15, 0.2) is 0 Å². The molecule has 3 nitrogen and oxygen atoms in total. The average molecular weight is 185 g/mol. The van der Waals surface area contributed by atoms with E-state index in [-0.39, 0.29) is 6.10 Å². The molecule has 1 unspecified atom stereocenters. The second-order valence-electron chi connectivity index (χ2n) is 4.23. The monoisotopic (exact) mass is 185 g/mol. The van der Waals surface area contributed by atoms with E-state index >= 15 is 0 Å². The maximum Gasteiger partial charge on any atom is 0.0695 e. The van der Waals surface area contributed by atoms with Crippen LogP contribution in [-0.2, 0) is 4.74 Å². The highest BCUT2D eigenvalue weighted by Gasteiger charge is 2.34. The predicted octanol–water partition coefficient (Wildman–Crippen LogP) is 0.620. The van der Waals surface area contributed by atoms with Crippen molar-refractivity contribution in [1.29, 1.82) is 0 Å². The summed E-state index contributed by atoms with van der Waals surface area (Å²) in [6.45, 7) is 4.82. The van der Waals surface area contributed by atoms with Crippen molar-refractivity contribution in [2.24, 2.45) is 0 Å². The second-order valence-corrected chi connectivity index (χ2v) is 4.23. The molecule has 1 heterocycles. The molecule has 1 saturated carbocycles. The van der Waals surface area contributed by atoms with Crippen molar-refractivity contribution < 1.29 is 9.84 Å². The molecular weight excluding hydrogens is 166 g/mol. The summed E-state index contributed by atoms with van der Waals surface area (Å²) in [7, 11) is 0. The van der Waals surface area contributed by atoms with Gasteiger partial charge in [-0.25, -0.2) is 0 Å². The molecule has 76 valence electrons. The van der Waals surface area contributed by atoms with Gasteiger partial charge in [0.15, 0.2) is 0 Å². The molecule has 2 fully saturated rings. The molecule has 13 heavy (non-hydrogen) atoms. The molecular formula is C10H19NO2. The molecule has 0 radical (unpaired) electrons. The van der Waals surface area contributed by atoms with Gasteiger partial charge in [-0.1, -0.05) is 0 Å². The number of aliphatic hydroxyl groups excluding tert-OH is 1. The number of aliphatic hydroxyl groups is 1. The summed E-state index contributed by atoms with van der Waals surface area (Å²) in [5, 5.41) is 9.78. The second kappa shape index (κ2) is 3.95. The van der Waals surface area contributed by atoms with E-state index in [1.54, 1.807) is 0 Å². The van der Waals surface area contributed by atoms with Crippen molar-refractivity contribution in [3.8, 4) is 0 Å². The van der Waals surface area contributed by atoms with E-state index in [0.29, 0.717) is 12.1 Å². The van der Waals surface area contributed by atoms with E-state index in [1.807, 2.05) is 0 Å². The van der Waals surface area contributed by atoms with Crippen molar-refractivity contribution in [2.45, 2.75) is 44.4 Å². The molecule has 1 aliphatic heterocycles. The van der Waals surface area contributed by atoms with Crippen molar-refractivity contribution >= 4 is 0 Å². The Kier molecular flexibility index (Phi) is 2.86. The Morgan fingerprint density at radius 3 is 2.85 bits per heavy atom. The molecule has 1 aliphatic carbocycles.